The number of hydrogen-bond donors (Lipinski definition) is 0. The van der Waals surface area contributed by atoms with Gasteiger partial charge in [0, 0.05) is 45.0 Å². The molecule has 0 N–H and O–H groups in total. The van der Waals surface area contributed by atoms with E-state index < -0.39 is 5.41 Å². The molecule has 0 unspecified atom stereocenters. The van der Waals surface area contributed by atoms with Gasteiger partial charge < -0.3 is 0 Å². The van der Waals surface area contributed by atoms with Crippen LogP contribution in [0.15, 0.2) is 139 Å². The van der Waals surface area contributed by atoms with E-state index in [1.54, 1.807) is 0 Å². The zero-order chi connectivity index (χ0) is 29.8. The van der Waals surface area contributed by atoms with Gasteiger partial charge in [-0.3, -0.25) is 19.5 Å². The minimum Gasteiger partial charge on any atom is -0.295 e. The van der Waals surface area contributed by atoms with Crippen molar-refractivity contribution in [2.45, 2.75) is 44.2 Å². The molecule has 3 aliphatic rings. The van der Waals surface area contributed by atoms with Gasteiger partial charge in [-0.05, 0) is 60.6 Å². The smallest absolute Gasteiger partial charge is 0.242 e. The van der Waals surface area contributed by atoms with Gasteiger partial charge in [0.2, 0.25) is 5.91 Å². The SMILES string of the molecule is O=C1N(c2ccccc2)c2ccccc2C1(CC1=CCN(Cc2ccccc2)CC1)CC1=CCN(Cc2ccccc2)CC1. The van der Waals surface area contributed by atoms with Crippen LogP contribution in [0.1, 0.15) is 42.4 Å². The molecule has 4 aromatic rings. The molecule has 0 fully saturated rings. The predicted octanol–water partition coefficient (Wildman–Crippen LogP) is 8.05. The van der Waals surface area contributed by atoms with E-state index in [-0.39, 0.29) is 5.91 Å². The average molecular weight is 580 g/mol. The number of anilines is 2. The Morgan fingerprint density at radius 2 is 1.05 bits per heavy atom. The molecule has 3 aliphatic heterocycles. The van der Waals surface area contributed by atoms with E-state index in [9.17, 15) is 4.79 Å². The first-order valence-corrected chi connectivity index (χ1v) is 16.1. The number of carbonyl (C=O) groups is 1. The lowest BCUT2D eigenvalue weighted by Crippen LogP contribution is -2.41. The highest BCUT2D eigenvalue weighted by Gasteiger charge is 2.51. The van der Waals surface area contributed by atoms with Gasteiger partial charge >= 0.3 is 0 Å². The second-order valence-corrected chi connectivity index (χ2v) is 12.6. The summed E-state index contributed by atoms with van der Waals surface area (Å²) in [6, 6.07) is 40.2. The fourth-order valence-corrected chi connectivity index (χ4v) is 7.32. The molecule has 0 spiro atoms. The van der Waals surface area contributed by atoms with E-state index in [0.29, 0.717) is 0 Å². The maximum Gasteiger partial charge on any atom is 0.242 e. The Labute approximate surface area is 261 Å². The van der Waals surface area contributed by atoms with Crippen molar-refractivity contribution in [3.63, 3.8) is 0 Å². The number of rotatable bonds is 9. The maximum absolute atomic E-state index is 14.9. The van der Waals surface area contributed by atoms with Crippen LogP contribution >= 0.6 is 0 Å². The quantitative estimate of drug-likeness (QED) is 0.188. The molecule has 4 nitrogen and oxygen atoms in total. The number of amides is 1. The van der Waals surface area contributed by atoms with Crippen molar-refractivity contribution in [3.05, 3.63) is 155 Å². The van der Waals surface area contributed by atoms with E-state index >= 15 is 0 Å². The lowest BCUT2D eigenvalue weighted by molar-refractivity contribution is -0.122. The molecule has 3 heterocycles. The van der Waals surface area contributed by atoms with Gasteiger partial charge in [0.05, 0.1) is 11.1 Å². The van der Waals surface area contributed by atoms with Crippen molar-refractivity contribution in [3.8, 4) is 0 Å². The summed E-state index contributed by atoms with van der Waals surface area (Å²) in [6.45, 7) is 5.82. The molecule has 7 rings (SSSR count). The highest BCUT2D eigenvalue weighted by molar-refractivity contribution is 6.13. The number of nitrogens with zero attached hydrogens (tertiary/aromatic N) is 3. The Hall–Kier alpha value is -4.25. The van der Waals surface area contributed by atoms with Crippen LogP contribution in [0.2, 0.25) is 0 Å². The molecule has 44 heavy (non-hydrogen) atoms. The minimum absolute atomic E-state index is 0.213. The third kappa shape index (κ3) is 5.93. The van der Waals surface area contributed by atoms with Crippen LogP contribution in [0.25, 0.3) is 0 Å². The molecule has 0 radical (unpaired) electrons. The molecule has 0 saturated heterocycles. The summed E-state index contributed by atoms with van der Waals surface area (Å²) in [6.07, 6.45) is 8.36. The van der Waals surface area contributed by atoms with Crippen molar-refractivity contribution in [2.75, 3.05) is 31.1 Å². The van der Waals surface area contributed by atoms with Gasteiger partial charge in [0.15, 0.2) is 0 Å². The van der Waals surface area contributed by atoms with E-state index in [4.69, 9.17) is 0 Å². The first-order valence-electron chi connectivity index (χ1n) is 16.1. The summed E-state index contributed by atoms with van der Waals surface area (Å²) in [7, 11) is 0. The monoisotopic (exact) mass is 579 g/mol. The third-order valence-electron chi connectivity index (χ3n) is 9.62. The minimum atomic E-state index is -0.604. The molecule has 0 atom stereocenters. The number of fused-ring (bicyclic) bond motifs is 1. The standard InChI is InChI=1S/C40H41N3O/c44-39-40(28-32-20-24-41(25-21-32)30-34-12-4-1-5-13-34,29-33-22-26-42(27-23-33)31-35-14-6-2-7-15-35)37-18-10-11-19-38(37)43(39)36-16-8-3-9-17-36/h1-20,22H,21,23-31H2. The normalized spacial score (nSPS) is 18.5. The number of para-hydroxylation sites is 2. The van der Waals surface area contributed by atoms with Crippen LogP contribution in [0.3, 0.4) is 0 Å². The van der Waals surface area contributed by atoms with Crippen LogP contribution in [-0.2, 0) is 23.3 Å². The number of benzene rings is 4. The van der Waals surface area contributed by atoms with Crippen molar-refractivity contribution in [2.24, 2.45) is 0 Å². The average Bonchev–Trinajstić information content (AvgIpc) is 3.31. The van der Waals surface area contributed by atoms with Crippen LogP contribution in [-0.4, -0.2) is 41.9 Å². The molecule has 0 saturated carbocycles. The predicted molar refractivity (Wildman–Crippen MR) is 180 cm³/mol. The van der Waals surface area contributed by atoms with Crippen molar-refractivity contribution in [1.29, 1.82) is 0 Å². The van der Waals surface area contributed by atoms with E-state index in [1.807, 2.05) is 23.1 Å². The number of hydrogen-bond acceptors (Lipinski definition) is 3. The van der Waals surface area contributed by atoms with E-state index in [1.165, 1.54) is 27.8 Å². The van der Waals surface area contributed by atoms with Gasteiger partial charge in [-0.1, -0.05) is 120 Å². The maximum atomic E-state index is 14.9. The summed E-state index contributed by atoms with van der Waals surface area (Å²) in [5, 5.41) is 0. The van der Waals surface area contributed by atoms with Crippen LogP contribution < -0.4 is 4.90 Å². The van der Waals surface area contributed by atoms with Gasteiger partial charge in [-0.25, -0.2) is 0 Å². The first-order chi connectivity index (χ1) is 21.7. The Kier molecular flexibility index (Phi) is 8.28. The fraction of sp³-hybridized carbons (Fsp3) is 0.275. The molecular weight excluding hydrogens is 538 g/mol. The van der Waals surface area contributed by atoms with Crippen LogP contribution in [0.5, 0.6) is 0 Å². The fourth-order valence-electron chi connectivity index (χ4n) is 7.32. The van der Waals surface area contributed by atoms with Gasteiger partial charge in [-0.2, -0.15) is 0 Å². The first kappa shape index (κ1) is 28.5. The summed E-state index contributed by atoms with van der Waals surface area (Å²) in [5.41, 5.74) is 8.08. The molecule has 1 amide bonds. The lowest BCUT2D eigenvalue weighted by atomic mass is 9.70. The Morgan fingerprint density at radius 1 is 0.568 bits per heavy atom. The number of carbonyl (C=O) groups excluding carboxylic acids is 1. The van der Waals surface area contributed by atoms with Crippen LogP contribution in [0.4, 0.5) is 11.4 Å². The summed E-state index contributed by atoms with van der Waals surface area (Å²) >= 11 is 0. The Morgan fingerprint density at radius 3 is 1.55 bits per heavy atom. The Bertz CT molecular complexity index is 1570. The van der Waals surface area contributed by atoms with Crippen molar-refractivity contribution >= 4 is 17.3 Å². The van der Waals surface area contributed by atoms with Gasteiger partial charge in [0.25, 0.3) is 0 Å². The second-order valence-electron chi connectivity index (χ2n) is 12.6. The van der Waals surface area contributed by atoms with E-state index in [2.05, 4.69) is 119 Å². The molecular formula is C40H41N3O. The topological polar surface area (TPSA) is 26.8 Å². The highest BCUT2D eigenvalue weighted by Crippen LogP contribution is 2.52. The second kappa shape index (κ2) is 12.8. The molecule has 4 heteroatoms. The van der Waals surface area contributed by atoms with Gasteiger partial charge in [0.1, 0.15) is 0 Å². The molecule has 0 bridgehead atoms. The summed E-state index contributed by atoms with van der Waals surface area (Å²) in [4.78, 5) is 21.9. The third-order valence-corrected chi connectivity index (χ3v) is 9.62. The lowest BCUT2D eigenvalue weighted by Gasteiger charge is -2.35. The zero-order valence-electron chi connectivity index (χ0n) is 25.4. The Balaban J connectivity index is 1.17. The van der Waals surface area contributed by atoms with E-state index in [0.717, 1.165) is 76.3 Å². The largest absolute Gasteiger partial charge is 0.295 e. The van der Waals surface area contributed by atoms with Crippen LogP contribution in [0, 0.1) is 0 Å². The summed E-state index contributed by atoms with van der Waals surface area (Å²) < 4.78 is 0. The van der Waals surface area contributed by atoms with Crippen molar-refractivity contribution < 1.29 is 4.79 Å². The molecule has 0 aromatic heterocycles. The summed E-state index contributed by atoms with van der Waals surface area (Å²) in [5.74, 6) is 0.213. The molecule has 0 aliphatic carbocycles. The van der Waals surface area contributed by atoms with Crippen molar-refractivity contribution in [1.82, 2.24) is 9.80 Å². The molecule has 222 valence electrons. The molecule has 4 aromatic carbocycles. The zero-order valence-corrected chi connectivity index (χ0v) is 25.4. The highest BCUT2D eigenvalue weighted by atomic mass is 16.2. The van der Waals surface area contributed by atoms with Gasteiger partial charge in [-0.15, -0.1) is 0 Å².